The fourth-order valence-corrected chi connectivity index (χ4v) is 3.13. The molecule has 1 heterocycles. The minimum absolute atomic E-state index is 0.143. The third kappa shape index (κ3) is 4.66. The fraction of sp³-hybridized carbons (Fsp3) is 0.350. The molecular weight excluding hydrogens is 312 g/mol. The number of nitrogens with one attached hydrogen (secondary N) is 2. The highest BCUT2D eigenvalue weighted by molar-refractivity contribution is 5.89. The van der Waals surface area contributed by atoms with Crippen molar-refractivity contribution in [3.8, 4) is 0 Å². The van der Waals surface area contributed by atoms with Gasteiger partial charge in [0, 0.05) is 50.8 Å². The Morgan fingerprint density at radius 1 is 1.12 bits per heavy atom. The largest absolute Gasteiger partial charge is 0.378 e. The Morgan fingerprint density at radius 2 is 1.84 bits per heavy atom. The Morgan fingerprint density at radius 3 is 2.52 bits per heavy atom. The van der Waals surface area contributed by atoms with Gasteiger partial charge in [-0.2, -0.15) is 0 Å². The van der Waals surface area contributed by atoms with Crippen LogP contribution in [0.3, 0.4) is 0 Å². The van der Waals surface area contributed by atoms with Crippen molar-refractivity contribution in [2.45, 2.75) is 6.42 Å². The summed E-state index contributed by atoms with van der Waals surface area (Å²) in [4.78, 5) is 16.5. The first kappa shape index (κ1) is 17.1. The SMILES string of the molecule is CN(C)c1ccc(NC(=O)NC[C@@H]2CCN(c3ccccc3)C2)cc1. The maximum Gasteiger partial charge on any atom is 0.319 e. The molecule has 0 spiro atoms. The smallest absolute Gasteiger partial charge is 0.319 e. The van der Waals surface area contributed by atoms with Gasteiger partial charge in [-0.15, -0.1) is 0 Å². The van der Waals surface area contributed by atoms with Crippen LogP contribution >= 0.6 is 0 Å². The van der Waals surface area contributed by atoms with Crippen molar-refractivity contribution in [1.29, 1.82) is 0 Å². The number of rotatable bonds is 5. The van der Waals surface area contributed by atoms with Crippen molar-refractivity contribution >= 4 is 23.1 Å². The quantitative estimate of drug-likeness (QED) is 0.878. The summed E-state index contributed by atoms with van der Waals surface area (Å²) < 4.78 is 0. The van der Waals surface area contributed by atoms with E-state index >= 15 is 0 Å². The van der Waals surface area contributed by atoms with Gasteiger partial charge in [-0.05, 0) is 48.7 Å². The number of nitrogens with zero attached hydrogens (tertiary/aromatic N) is 2. The maximum atomic E-state index is 12.1. The van der Waals surface area contributed by atoms with Gasteiger partial charge in [0.2, 0.25) is 0 Å². The average molecular weight is 338 g/mol. The maximum absolute atomic E-state index is 12.1. The molecule has 5 heteroatoms. The van der Waals surface area contributed by atoms with Gasteiger partial charge in [-0.1, -0.05) is 18.2 Å². The predicted molar refractivity (Wildman–Crippen MR) is 105 cm³/mol. The first-order valence-corrected chi connectivity index (χ1v) is 8.74. The van der Waals surface area contributed by atoms with E-state index in [2.05, 4.69) is 39.8 Å². The van der Waals surface area contributed by atoms with Gasteiger partial charge >= 0.3 is 6.03 Å². The van der Waals surface area contributed by atoms with Gasteiger partial charge in [0.25, 0.3) is 0 Å². The van der Waals surface area contributed by atoms with Gasteiger partial charge in [-0.25, -0.2) is 4.79 Å². The number of carbonyl (C=O) groups is 1. The number of anilines is 3. The monoisotopic (exact) mass is 338 g/mol. The number of carbonyl (C=O) groups excluding carboxylic acids is 1. The van der Waals surface area contributed by atoms with Gasteiger partial charge in [0.05, 0.1) is 0 Å². The van der Waals surface area contributed by atoms with Gasteiger partial charge < -0.3 is 20.4 Å². The lowest BCUT2D eigenvalue weighted by molar-refractivity contribution is 0.250. The van der Waals surface area contributed by atoms with E-state index in [1.165, 1.54) is 5.69 Å². The molecule has 132 valence electrons. The summed E-state index contributed by atoms with van der Waals surface area (Å²) in [6.45, 7) is 2.73. The molecule has 0 aromatic heterocycles. The highest BCUT2D eigenvalue weighted by Gasteiger charge is 2.22. The lowest BCUT2D eigenvalue weighted by atomic mass is 10.1. The minimum atomic E-state index is -0.143. The summed E-state index contributed by atoms with van der Waals surface area (Å²) in [6, 6.07) is 18.1. The first-order valence-electron chi connectivity index (χ1n) is 8.74. The average Bonchev–Trinajstić information content (AvgIpc) is 3.10. The molecule has 25 heavy (non-hydrogen) atoms. The van der Waals surface area contributed by atoms with E-state index in [0.29, 0.717) is 12.5 Å². The van der Waals surface area contributed by atoms with Crippen LogP contribution in [0, 0.1) is 5.92 Å². The lowest BCUT2D eigenvalue weighted by Crippen LogP contribution is -2.34. The molecule has 2 aromatic carbocycles. The number of hydrogen-bond donors (Lipinski definition) is 2. The predicted octanol–water partition coefficient (Wildman–Crippen LogP) is 3.40. The first-order chi connectivity index (χ1) is 12.1. The highest BCUT2D eigenvalue weighted by atomic mass is 16.2. The van der Waals surface area contributed by atoms with Gasteiger partial charge in [0.15, 0.2) is 0 Å². The third-order valence-corrected chi connectivity index (χ3v) is 4.60. The van der Waals surface area contributed by atoms with Crippen molar-refractivity contribution < 1.29 is 4.79 Å². The highest BCUT2D eigenvalue weighted by Crippen LogP contribution is 2.23. The van der Waals surface area contributed by atoms with Crippen molar-refractivity contribution in [1.82, 2.24) is 5.32 Å². The fourth-order valence-electron chi connectivity index (χ4n) is 3.13. The second kappa shape index (κ2) is 7.92. The Labute approximate surface area is 149 Å². The Hall–Kier alpha value is -2.69. The van der Waals surface area contributed by atoms with E-state index in [1.807, 2.05) is 49.3 Å². The second-order valence-electron chi connectivity index (χ2n) is 6.71. The number of benzene rings is 2. The zero-order chi connectivity index (χ0) is 17.6. The molecule has 2 amide bonds. The minimum Gasteiger partial charge on any atom is -0.378 e. The molecular formula is C20H26N4O. The van der Waals surface area contributed by atoms with Crippen LogP contribution in [0.25, 0.3) is 0 Å². The van der Waals surface area contributed by atoms with Gasteiger partial charge in [-0.3, -0.25) is 0 Å². The normalized spacial score (nSPS) is 16.6. The molecule has 1 saturated heterocycles. The van der Waals surface area contributed by atoms with E-state index in [1.54, 1.807) is 0 Å². The van der Waals surface area contributed by atoms with Crippen LogP contribution in [0.4, 0.5) is 21.9 Å². The van der Waals surface area contributed by atoms with E-state index in [4.69, 9.17) is 0 Å². The van der Waals surface area contributed by atoms with E-state index in [-0.39, 0.29) is 6.03 Å². The van der Waals surface area contributed by atoms with Crippen LogP contribution in [-0.4, -0.2) is 39.8 Å². The molecule has 1 aliphatic heterocycles. The summed E-state index contributed by atoms with van der Waals surface area (Å²) in [7, 11) is 3.99. The third-order valence-electron chi connectivity index (χ3n) is 4.60. The van der Waals surface area contributed by atoms with Crippen LogP contribution < -0.4 is 20.4 Å². The molecule has 1 atom stereocenters. The summed E-state index contributed by atoms with van der Waals surface area (Å²) in [5.74, 6) is 0.488. The lowest BCUT2D eigenvalue weighted by Gasteiger charge is -2.18. The molecule has 0 bridgehead atoms. The van der Waals surface area contributed by atoms with E-state index < -0.39 is 0 Å². The molecule has 0 aliphatic carbocycles. The summed E-state index contributed by atoms with van der Waals surface area (Å²) >= 11 is 0. The molecule has 3 rings (SSSR count). The van der Waals surface area contributed by atoms with Gasteiger partial charge in [0.1, 0.15) is 0 Å². The molecule has 0 unspecified atom stereocenters. The van der Waals surface area contributed by atoms with E-state index in [9.17, 15) is 4.79 Å². The topological polar surface area (TPSA) is 47.6 Å². The Bertz CT molecular complexity index is 685. The molecule has 5 nitrogen and oxygen atoms in total. The summed E-state index contributed by atoms with van der Waals surface area (Å²) in [5, 5.41) is 5.89. The molecule has 1 aliphatic rings. The second-order valence-corrected chi connectivity index (χ2v) is 6.71. The summed E-state index contributed by atoms with van der Waals surface area (Å²) in [5.41, 5.74) is 3.17. The summed E-state index contributed by atoms with van der Waals surface area (Å²) in [6.07, 6.45) is 1.10. The molecule has 1 fully saturated rings. The molecule has 2 aromatic rings. The standard InChI is InChI=1S/C20H26N4O/c1-23(2)18-10-8-17(9-11-18)22-20(25)21-14-16-12-13-24(15-16)19-6-4-3-5-7-19/h3-11,16H,12-15H2,1-2H3,(H2,21,22,25)/t16-/m0/s1. The van der Waals surface area contributed by atoms with Crippen LogP contribution in [0.5, 0.6) is 0 Å². The number of hydrogen-bond acceptors (Lipinski definition) is 3. The van der Waals surface area contributed by atoms with Crippen molar-refractivity contribution in [3.63, 3.8) is 0 Å². The van der Waals surface area contributed by atoms with Crippen LogP contribution in [-0.2, 0) is 0 Å². The van der Waals surface area contributed by atoms with Crippen LogP contribution in [0.1, 0.15) is 6.42 Å². The van der Waals surface area contributed by atoms with Crippen molar-refractivity contribution in [3.05, 3.63) is 54.6 Å². The van der Waals surface area contributed by atoms with E-state index in [0.717, 1.165) is 30.9 Å². The van der Waals surface area contributed by atoms with Crippen molar-refractivity contribution in [2.24, 2.45) is 5.92 Å². The molecule has 0 saturated carbocycles. The molecule has 0 radical (unpaired) electrons. The zero-order valence-corrected chi connectivity index (χ0v) is 14.9. The number of para-hydroxylation sites is 1. The van der Waals surface area contributed by atoms with Crippen molar-refractivity contribution in [2.75, 3.05) is 48.8 Å². The Kier molecular flexibility index (Phi) is 5.43. The zero-order valence-electron chi connectivity index (χ0n) is 14.9. The Balaban J connectivity index is 1.43. The van der Waals surface area contributed by atoms with Crippen LogP contribution in [0.15, 0.2) is 54.6 Å². The van der Waals surface area contributed by atoms with Crippen LogP contribution in [0.2, 0.25) is 0 Å². The molecule has 2 N–H and O–H groups in total. The number of amides is 2. The number of urea groups is 1.